The number of aromatic nitrogens is 3. The number of benzene rings is 1. The predicted octanol–water partition coefficient (Wildman–Crippen LogP) is -2.53. The summed E-state index contributed by atoms with van der Waals surface area (Å²) < 4.78 is 28.9. The van der Waals surface area contributed by atoms with Crippen LogP contribution in [0.15, 0.2) is 35.4 Å². The van der Waals surface area contributed by atoms with Gasteiger partial charge in [-0.05, 0) is 24.3 Å². The second-order valence-electron chi connectivity index (χ2n) is 6.21. The minimum Gasteiger partial charge on any atom is -0.388 e. The van der Waals surface area contributed by atoms with E-state index in [1.807, 2.05) is 0 Å². The predicted molar refractivity (Wildman–Crippen MR) is 92.0 cm³/mol. The fraction of sp³-hybridized carbons (Fsp3) is 0.400. The SMILES string of the molecule is NS(=O)(=O)c1ccc(C(=O)NCc2cn([C@@H]3OC[C@@H](O)[C@@H](O)[C@@H]3O)nn2)cc1. The molecule has 0 aliphatic carbocycles. The van der Waals surface area contributed by atoms with Crippen LogP contribution in [0.1, 0.15) is 22.3 Å². The van der Waals surface area contributed by atoms with Crippen LogP contribution in [-0.4, -0.2) is 69.6 Å². The van der Waals surface area contributed by atoms with Gasteiger partial charge in [0.05, 0.1) is 24.2 Å². The van der Waals surface area contributed by atoms with Crippen LogP contribution in [0.2, 0.25) is 0 Å². The number of hydrogen-bond donors (Lipinski definition) is 5. The first-order chi connectivity index (χ1) is 13.2. The lowest BCUT2D eigenvalue weighted by Crippen LogP contribution is -2.50. The lowest BCUT2D eigenvalue weighted by atomic mass is 10.0. The van der Waals surface area contributed by atoms with E-state index in [-0.39, 0.29) is 23.6 Å². The monoisotopic (exact) mass is 413 g/mol. The number of aliphatic hydroxyl groups excluding tert-OH is 3. The summed E-state index contributed by atoms with van der Waals surface area (Å²) in [4.78, 5) is 12.0. The fourth-order valence-electron chi connectivity index (χ4n) is 2.61. The normalized spacial score (nSPS) is 25.4. The van der Waals surface area contributed by atoms with Crippen molar-refractivity contribution in [3.8, 4) is 0 Å². The standard InChI is InChI=1S/C15H19N5O7S/c16-28(25,26)10-3-1-8(2-4-10)14(24)17-5-9-6-20(19-18-9)15-13(23)12(22)11(21)7-27-15/h1-4,6,11-13,15,21-23H,5,7H2,(H,17,24)(H2,16,25,26)/t11-,12-,13+,15-/m1/s1. The third-order valence-electron chi connectivity index (χ3n) is 4.17. The minimum atomic E-state index is -3.84. The van der Waals surface area contributed by atoms with Gasteiger partial charge in [0, 0.05) is 5.56 Å². The van der Waals surface area contributed by atoms with Crippen LogP contribution in [0.25, 0.3) is 0 Å². The Morgan fingerprint density at radius 1 is 1.25 bits per heavy atom. The average molecular weight is 413 g/mol. The van der Waals surface area contributed by atoms with Crippen molar-refractivity contribution in [2.45, 2.75) is 36.0 Å². The number of carbonyl (C=O) groups is 1. The van der Waals surface area contributed by atoms with Gasteiger partial charge in [-0.2, -0.15) is 0 Å². The van der Waals surface area contributed by atoms with E-state index in [9.17, 15) is 28.5 Å². The Labute approximate surface area is 159 Å². The molecule has 3 rings (SSSR count). The number of hydrogen-bond acceptors (Lipinski definition) is 9. The number of carbonyl (C=O) groups excluding carboxylic acids is 1. The van der Waals surface area contributed by atoms with E-state index in [1.54, 1.807) is 0 Å². The molecule has 1 aromatic carbocycles. The Morgan fingerprint density at radius 3 is 2.57 bits per heavy atom. The van der Waals surface area contributed by atoms with Crippen LogP contribution in [0.3, 0.4) is 0 Å². The summed E-state index contributed by atoms with van der Waals surface area (Å²) in [6.07, 6.45) is -3.59. The van der Waals surface area contributed by atoms with Crippen molar-refractivity contribution in [3.05, 3.63) is 41.7 Å². The zero-order valence-corrected chi connectivity index (χ0v) is 15.2. The van der Waals surface area contributed by atoms with Crippen molar-refractivity contribution in [3.63, 3.8) is 0 Å². The van der Waals surface area contributed by atoms with E-state index >= 15 is 0 Å². The van der Waals surface area contributed by atoms with Gasteiger partial charge in [-0.15, -0.1) is 5.10 Å². The Hall–Kier alpha value is -2.42. The molecule has 0 spiro atoms. The van der Waals surface area contributed by atoms with Gasteiger partial charge in [0.1, 0.15) is 24.0 Å². The van der Waals surface area contributed by atoms with Gasteiger partial charge in [-0.25, -0.2) is 18.2 Å². The Kier molecular flexibility index (Phi) is 5.74. The molecule has 1 fully saturated rings. The highest BCUT2D eigenvalue weighted by Gasteiger charge is 2.39. The highest BCUT2D eigenvalue weighted by molar-refractivity contribution is 7.89. The first kappa shape index (κ1) is 20.3. The zero-order valence-electron chi connectivity index (χ0n) is 14.4. The zero-order chi connectivity index (χ0) is 20.5. The second-order valence-corrected chi connectivity index (χ2v) is 7.78. The van der Waals surface area contributed by atoms with Crippen molar-refractivity contribution in [1.29, 1.82) is 0 Å². The van der Waals surface area contributed by atoms with Crippen LogP contribution in [0.4, 0.5) is 0 Å². The number of rotatable bonds is 5. The molecular weight excluding hydrogens is 394 g/mol. The highest BCUT2D eigenvalue weighted by atomic mass is 32.2. The maximum Gasteiger partial charge on any atom is 0.251 e. The number of aliphatic hydroxyl groups is 3. The third kappa shape index (κ3) is 4.35. The fourth-order valence-corrected chi connectivity index (χ4v) is 3.13. The van der Waals surface area contributed by atoms with Crippen LogP contribution >= 0.6 is 0 Å². The Morgan fingerprint density at radius 2 is 1.93 bits per heavy atom. The summed E-state index contributed by atoms with van der Waals surface area (Å²) in [5, 5.41) is 44.4. The number of amides is 1. The van der Waals surface area contributed by atoms with Crippen molar-refractivity contribution >= 4 is 15.9 Å². The van der Waals surface area contributed by atoms with E-state index < -0.39 is 40.5 Å². The van der Waals surface area contributed by atoms with E-state index in [1.165, 1.54) is 35.1 Å². The number of sulfonamides is 1. The summed E-state index contributed by atoms with van der Waals surface area (Å²) in [6, 6.07) is 5.10. The molecule has 0 unspecified atom stereocenters. The molecule has 0 bridgehead atoms. The molecule has 13 heteroatoms. The molecule has 1 amide bonds. The van der Waals surface area contributed by atoms with Gasteiger partial charge in [0.25, 0.3) is 5.91 Å². The quantitative estimate of drug-likeness (QED) is 0.352. The molecular formula is C15H19N5O7S. The van der Waals surface area contributed by atoms with Crippen LogP contribution in [0.5, 0.6) is 0 Å². The molecule has 1 aromatic heterocycles. The van der Waals surface area contributed by atoms with Gasteiger partial charge in [-0.3, -0.25) is 4.79 Å². The van der Waals surface area contributed by atoms with Crippen molar-refractivity contribution in [1.82, 2.24) is 20.3 Å². The van der Waals surface area contributed by atoms with Gasteiger partial charge < -0.3 is 25.4 Å². The molecule has 2 heterocycles. The molecule has 0 radical (unpaired) electrons. The summed E-state index contributed by atoms with van der Waals surface area (Å²) >= 11 is 0. The molecule has 2 aromatic rings. The van der Waals surface area contributed by atoms with Crippen LogP contribution < -0.4 is 10.5 Å². The van der Waals surface area contributed by atoms with E-state index in [0.717, 1.165) is 0 Å². The highest BCUT2D eigenvalue weighted by Crippen LogP contribution is 2.23. The molecule has 0 saturated carbocycles. The molecule has 28 heavy (non-hydrogen) atoms. The maximum absolute atomic E-state index is 12.1. The Bertz CT molecular complexity index is 946. The number of primary sulfonamides is 1. The number of ether oxygens (including phenoxy) is 1. The van der Waals surface area contributed by atoms with E-state index in [0.29, 0.717) is 5.69 Å². The number of nitrogens with one attached hydrogen (secondary N) is 1. The lowest BCUT2D eigenvalue weighted by molar-refractivity contribution is -0.214. The number of nitrogens with two attached hydrogens (primary N) is 1. The maximum atomic E-state index is 12.1. The molecule has 152 valence electrons. The molecule has 4 atom stereocenters. The largest absolute Gasteiger partial charge is 0.388 e. The number of nitrogens with zero attached hydrogens (tertiary/aromatic N) is 3. The van der Waals surface area contributed by atoms with E-state index in [2.05, 4.69) is 15.6 Å². The first-order valence-electron chi connectivity index (χ1n) is 8.14. The molecule has 12 nitrogen and oxygen atoms in total. The molecule has 1 saturated heterocycles. The second kappa shape index (κ2) is 7.90. The first-order valence-corrected chi connectivity index (χ1v) is 9.69. The molecule has 6 N–H and O–H groups in total. The van der Waals surface area contributed by atoms with Crippen LogP contribution in [-0.2, 0) is 21.3 Å². The summed E-state index contributed by atoms with van der Waals surface area (Å²) in [6.45, 7) is -0.174. The topological polar surface area (TPSA) is 190 Å². The third-order valence-corrected chi connectivity index (χ3v) is 5.10. The Balaban J connectivity index is 1.60. The van der Waals surface area contributed by atoms with E-state index in [4.69, 9.17) is 9.88 Å². The minimum absolute atomic E-state index is 0.00374. The lowest BCUT2D eigenvalue weighted by Gasteiger charge is -2.34. The molecule has 1 aliphatic rings. The average Bonchev–Trinajstić information content (AvgIpc) is 3.12. The summed E-state index contributed by atoms with van der Waals surface area (Å²) in [7, 11) is -3.84. The summed E-state index contributed by atoms with van der Waals surface area (Å²) in [5.41, 5.74) is 0.578. The van der Waals surface area contributed by atoms with Crippen molar-refractivity contribution < 1.29 is 33.3 Å². The van der Waals surface area contributed by atoms with Gasteiger partial charge in [0.2, 0.25) is 10.0 Å². The smallest absolute Gasteiger partial charge is 0.251 e. The van der Waals surface area contributed by atoms with Gasteiger partial charge in [0.15, 0.2) is 6.23 Å². The van der Waals surface area contributed by atoms with Gasteiger partial charge in [-0.1, -0.05) is 5.21 Å². The van der Waals surface area contributed by atoms with Crippen LogP contribution in [0, 0.1) is 0 Å². The molecule has 1 aliphatic heterocycles. The van der Waals surface area contributed by atoms with Gasteiger partial charge >= 0.3 is 0 Å². The summed E-state index contributed by atoms with van der Waals surface area (Å²) in [5.74, 6) is -0.469. The van der Waals surface area contributed by atoms with Crippen molar-refractivity contribution in [2.24, 2.45) is 5.14 Å². The van der Waals surface area contributed by atoms with Crippen molar-refractivity contribution in [2.75, 3.05) is 6.61 Å².